The van der Waals surface area contributed by atoms with Crippen molar-refractivity contribution < 1.29 is 4.39 Å². The van der Waals surface area contributed by atoms with Crippen LogP contribution in [-0.4, -0.2) is 20.2 Å². The second kappa shape index (κ2) is 7.04. The Hall–Kier alpha value is -1.01. The van der Waals surface area contributed by atoms with E-state index < -0.39 is 20.2 Å². The van der Waals surface area contributed by atoms with Crippen molar-refractivity contribution in [3.05, 3.63) is 88.7 Å². The van der Waals surface area contributed by atoms with Gasteiger partial charge in [-0.15, -0.1) is 0 Å². The van der Waals surface area contributed by atoms with Crippen LogP contribution in [-0.2, 0) is 0 Å². The van der Waals surface area contributed by atoms with E-state index >= 15 is 0 Å². The molecule has 0 bridgehead atoms. The van der Waals surface area contributed by atoms with Gasteiger partial charge in [0.15, 0.2) is 0 Å². The maximum atomic E-state index is 13.2. The number of benzene rings is 3. The van der Waals surface area contributed by atoms with Crippen molar-refractivity contribution in [1.82, 2.24) is 0 Å². The van der Waals surface area contributed by atoms with Crippen LogP contribution in [0.15, 0.2) is 72.8 Å². The first-order valence-corrected chi connectivity index (χ1v) is 11.3. The fraction of sp³-hybridized carbons (Fsp3) is 0. The van der Waals surface area contributed by atoms with Crippen LogP contribution in [0.1, 0.15) is 0 Å². The monoisotopic (exact) mass is 438 g/mol. The number of rotatable bonds is 3. The predicted molar refractivity (Wildman–Crippen MR) is 94.0 cm³/mol. The molecule has 22 heavy (non-hydrogen) atoms. The van der Waals surface area contributed by atoms with Crippen molar-refractivity contribution in [2.75, 3.05) is 0 Å². The van der Waals surface area contributed by atoms with E-state index in [-0.39, 0.29) is 5.82 Å². The first-order valence-electron chi connectivity index (χ1n) is 6.70. The molecule has 0 aliphatic heterocycles. The zero-order chi connectivity index (χ0) is 15.5. The van der Waals surface area contributed by atoms with Gasteiger partial charge in [0.1, 0.15) is 0 Å². The predicted octanol–water partition coefficient (Wildman–Crippen LogP) is 3.65. The molecule has 0 amide bonds. The molecule has 0 atom stereocenters. The van der Waals surface area contributed by atoms with Crippen LogP contribution >= 0.6 is 23.2 Å². The molecule has 0 N–H and O–H groups in total. The van der Waals surface area contributed by atoms with Gasteiger partial charge in [0.05, 0.1) is 0 Å². The van der Waals surface area contributed by atoms with Gasteiger partial charge in [-0.1, -0.05) is 0 Å². The molecular formula is C18H12Cl2FSb. The Morgan fingerprint density at radius 1 is 0.545 bits per heavy atom. The zero-order valence-corrected chi connectivity index (χ0v) is 15.6. The van der Waals surface area contributed by atoms with Crippen LogP contribution in [0, 0.1) is 5.82 Å². The molecular weight excluding hydrogens is 428 g/mol. The molecule has 0 fully saturated rings. The molecule has 4 heteroatoms. The molecule has 110 valence electrons. The third-order valence-corrected chi connectivity index (χ3v) is 10.7. The summed E-state index contributed by atoms with van der Waals surface area (Å²) in [5.74, 6) is -0.212. The van der Waals surface area contributed by atoms with Gasteiger partial charge < -0.3 is 0 Å². The van der Waals surface area contributed by atoms with Crippen molar-refractivity contribution >= 4 is 53.9 Å². The Balaban J connectivity index is 2.10. The van der Waals surface area contributed by atoms with Crippen molar-refractivity contribution in [2.45, 2.75) is 0 Å². The normalized spacial score (nSPS) is 10.9. The van der Waals surface area contributed by atoms with Gasteiger partial charge in [0, 0.05) is 0 Å². The minimum atomic E-state index is -2.19. The Kier molecular flexibility index (Phi) is 5.08. The second-order valence-electron chi connectivity index (χ2n) is 4.76. The topological polar surface area (TPSA) is 0 Å². The van der Waals surface area contributed by atoms with Crippen LogP contribution in [0.4, 0.5) is 4.39 Å². The molecule has 0 nitrogen and oxygen atoms in total. The van der Waals surface area contributed by atoms with Crippen molar-refractivity contribution in [2.24, 2.45) is 0 Å². The van der Waals surface area contributed by atoms with Gasteiger partial charge >= 0.3 is 147 Å². The molecule has 3 aromatic carbocycles. The van der Waals surface area contributed by atoms with Crippen molar-refractivity contribution in [3.63, 3.8) is 0 Å². The average molecular weight is 440 g/mol. The number of hydrogen-bond donors (Lipinski definition) is 0. The summed E-state index contributed by atoms with van der Waals surface area (Å²) in [4.78, 5) is 0. The first-order chi connectivity index (χ1) is 10.6. The fourth-order valence-electron chi connectivity index (χ4n) is 2.22. The van der Waals surface area contributed by atoms with E-state index in [1.807, 2.05) is 36.4 Å². The summed E-state index contributed by atoms with van der Waals surface area (Å²) in [6, 6.07) is 22.8. The molecule has 0 aromatic heterocycles. The van der Waals surface area contributed by atoms with Crippen LogP contribution in [0.2, 0.25) is 10.0 Å². The van der Waals surface area contributed by atoms with Crippen LogP contribution < -0.4 is 10.5 Å². The summed E-state index contributed by atoms with van der Waals surface area (Å²) >= 11 is 9.82. The summed E-state index contributed by atoms with van der Waals surface area (Å²) < 4.78 is 17.0. The summed E-state index contributed by atoms with van der Waals surface area (Å²) in [7, 11) is 0. The van der Waals surface area contributed by atoms with Crippen LogP contribution in [0.3, 0.4) is 0 Å². The Bertz CT molecular complexity index is 644. The van der Waals surface area contributed by atoms with E-state index in [2.05, 4.69) is 24.3 Å². The Morgan fingerprint density at radius 3 is 1.23 bits per heavy atom. The number of hydrogen-bond acceptors (Lipinski definition) is 0. The molecule has 0 radical (unpaired) electrons. The minimum absolute atomic E-state index is 0.212. The third kappa shape index (κ3) is 3.66. The molecule has 3 rings (SSSR count). The standard InChI is InChI=1S/2C6H4Cl.C6H4F.Sb/c3*7-6-4-2-1-3-5-6;/h3*2-5H;. The Labute approximate surface area is 146 Å². The first kappa shape index (κ1) is 15.9. The quantitative estimate of drug-likeness (QED) is 0.546. The van der Waals surface area contributed by atoms with Gasteiger partial charge in [-0.05, 0) is 0 Å². The van der Waals surface area contributed by atoms with E-state index in [1.54, 1.807) is 0 Å². The SMILES string of the molecule is Fc1cc[c]([Sb]([c]2ccc(Cl)cc2)[c]2ccc(Cl)cc2)cc1. The summed E-state index contributed by atoms with van der Waals surface area (Å²) in [6.07, 6.45) is 0. The van der Waals surface area contributed by atoms with E-state index in [1.165, 1.54) is 22.7 Å². The fourth-order valence-corrected chi connectivity index (χ4v) is 8.85. The second-order valence-corrected chi connectivity index (χ2v) is 12.0. The van der Waals surface area contributed by atoms with Crippen molar-refractivity contribution in [1.29, 1.82) is 0 Å². The van der Waals surface area contributed by atoms with Crippen LogP contribution in [0.25, 0.3) is 0 Å². The van der Waals surface area contributed by atoms with Crippen molar-refractivity contribution in [3.8, 4) is 0 Å². The summed E-state index contributed by atoms with van der Waals surface area (Å²) in [5, 5.41) is 1.44. The van der Waals surface area contributed by atoms with Gasteiger partial charge in [0.25, 0.3) is 0 Å². The van der Waals surface area contributed by atoms with E-state index in [0.717, 1.165) is 10.0 Å². The van der Waals surface area contributed by atoms with E-state index in [9.17, 15) is 4.39 Å². The molecule has 3 aromatic rings. The molecule has 0 aliphatic carbocycles. The molecule has 0 aliphatic rings. The third-order valence-electron chi connectivity index (χ3n) is 3.25. The molecule has 0 saturated heterocycles. The maximum absolute atomic E-state index is 13.2. The molecule has 0 saturated carbocycles. The van der Waals surface area contributed by atoms with Gasteiger partial charge in [0.2, 0.25) is 0 Å². The van der Waals surface area contributed by atoms with Gasteiger partial charge in [-0.3, -0.25) is 0 Å². The number of halogens is 3. The molecule has 0 heterocycles. The van der Waals surface area contributed by atoms with Gasteiger partial charge in [-0.25, -0.2) is 0 Å². The van der Waals surface area contributed by atoms with E-state index in [4.69, 9.17) is 23.2 Å². The van der Waals surface area contributed by atoms with Gasteiger partial charge in [-0.2, -0.15) is 0 Å². The summed E-state index contributed by atoms with van der Waals surface area (Å²) in [6.45, 7) is 0. The van der Waals surface area contributed by atoms with E-state index in [0.29, 0.717) is 0 Å². The van der Waals surface area contributed by atoms with Crippen LogP contribution in [0.5, 0.6) is 0 Å². The average Bonchev–Trinajstić information content (AvgIpc) is 2.53. The zero-order valence-electron chi connectivity index (χ0n) is 11.5. The Morgan fingerprint density at radius 2 is 0.864 bits per heavy atom. The molecule has 0 spiro atoms. The summed E-state index contributed by atoms with van der Waals surface area (Å²) in [5.41, 5.74) is 0. The molecule has 0 unspecified atom stereocenters.